The molecule has 7 nitrogen and oxygen atoms in total. The van der Waals surface area contributed by atoms with Crippen LogP contribution >= 0.6 is 11.8 Å². The number of aromatic nitrogens is 4. The van der Waals surface area contributed by atoms with Gasteiger partial charge in [-0.15, -0.1) is 0 Å². The highest BCUT2D eigenvalue weighted by Crippen LogP contribution is 2.29. The van der Waals surface area contributed by atoms with Crippen molar-refractivity contribution in [2.24, 2.45) is 0 Å². The van der Waals surface area contributed by atoms with Crippen LogP contribution in [0.4, 0.5) is 14.6 Å². The first-order valence-corrected chi connectivity index (χ1v) is 11.4. The molecule has 0 atom stereocenters. The molecule has 31 heavy (non-hydrogen) atoms. The molecule has 1 amide bonds. The van der Waals surface area contributed by atoms with Gasteiger partial charge in [0.15, 0.2) is 10.8 Å². The maximum absolute atomic E-state index is 13.8. The average Bonchev–Trinajstić information content (AvgIpc) is 3.17. The van der Waals surface area contributed by atoms with Crippen molar-refractivity contribution in [2.45, 2.75) is 37.9 Å². The zero-order chi connectivity index (χ0) is 21.8. The third kappa shape index (κ3) is 4.63. The average molecular weight is 447 g/mol. The molecule has 1 N–H and O–H groups in total. The fourth-order valence-corrected chi connectivity index (χ4v) is 4.26. The van der Waals surface area contributed by atoms with E-state index in [4.69, 9.17) is 4.98 Å². The number of amides is 1. The first-order chi connectivity index (χ1) is 15.1. The van der Waals surface area contributed by atoms with E-state index >= 15 is 0 Å². The highest BCUT2D eigenvalue weighted by molar-refractivity contribution is 7.99. The van der Waals surface area contributed by atoms with Gasteiger partial charge in [-0.25, -0.2) is 23.4 Å². The van der Waals surface area contributed by atoms with Gasteiger partial charge in [0.25, 0.3) is 5.91 Å². The Morgan fingerprint density at radius 1 is 1.16 bits per heavy atom. The van der Waals surface area contributed by atoms with Crippen molar-refractivity contribution in [1.29, 1.82) is 0 Å². The number of benzene rings is 1. The van der Waals surface area contributed by atoms with Gasteiger partial charge in [0.2, 0.25) is 0 Å². The Hall–Kier alpha value is -2.75. The lowest BCUT2D eigenvalue weighted by Crippen LogP contribution is -2.30. The van der Waals surface area contributed by atoms with Crippen LogP contribution in [-0.2, 0) is 6.54 Å². The van der Waals surface area contributed by atoms with Crippen molar-refractivity contribution in [1.82, 2.24) is 25.1 Å². The van der Waals surface area contributed by atoms with Gasteiger partial charge < -0.3 is 10.2 Å². The topological polar surface area (TPSA) is 75.9 Å². The fraction of sp³-hybridized carbons (Fsp3) is 0.429. The molecule has 4 rings (SSSR count). The molecule has 1 aromatic carbocycles. The lowest BCUT2D eigenvalue weighted by molar-refractivity contribution is 0.0943. The highest BCUT2D eigenvalue weighted by Gasteiger charge is 2.20. The Morgan fingerprint density at radius 3 is 2.61 bits per heavy atom. The van der Waals surface area contributed by atoms with Crippen LogP contribution in [0.5, 0.6) is 0 Å². The molecule has 0 saturated carbocycles. The third-order valence-corrected chi connectivity index (χ3v) is 5.91. The van der Waals surface area contributed by atoms with Gasteiger partial charge in [0.05, 0.1) is 18.1 Å². The highest BCUT2D eigenvalue weighted by atomic mass is 32.2. The van der Waals surface area contributed by atoms with Crippen LogP contribution in [0.3, 0.4) is 0 Å². The van der Waals surface area contributed by atoms with Crippen molar-refractivity contribution in [3.63, 3.8) is 0 Å². The van der Waals surface area contributed by atoms with Gasteiger partial charge in [-0.1, -0.05) is 24.8 Å². The zero-order valence-corrected chi connectivity index (χ0v) is 18.1. The van der Waals surface area contributed by atoms with E-state index < -0.39 is 23.1 Å². The number of thioether (sulfide) groups is 1. The quantitative estimate of drug-likeness (QED) is 0.441. The van der Waals surface area contributed by atoms with E-state index in [1.54, 1.807) is 22.6 Å². The minimum atomic E-state index is -0.887. The summed E-state index contributed by atoms with van der Waals surface area (Å²) in [5.41, 5.74) is 0.113. The Kier molecular flexibility index (Phi) is 6.64. The Bertz CT molecular complexity index is 1060. The van der Waals surface area contributed by atoms with Crippen molar-refractivity contribution in [3.05, 3.63) is 41.6 Å². The summed E-state index contributed by atoms with van der Waals surface area (Å²) in [4.78, 5) is 23.9. The number of nitrogens with one attached hydrogen (secondary N) is 1. The molecule has 1 aliphatic rings. The molecule has 1 fully saturated rings. The van der Waals surface area contributed by atoms with Crippen molar-refractivity contribution < 1.29 is 13.6 Å². The molecule has 10 heteroatoms. The summed E-state index contributed by atoms with van der Waals surface area (Å²) >= 11 is 1.57. The number of hydrogen-bond acceptors (Lipinski definition) is 6. The van der Waals surface area contributed by atoms with Crippen LogP contribution in [0, 0.1) is 11.6 Å². The van der Waals surface area contributed by atoms with Gasteiger partial charge in [-0.05, 0) is 37.1 Å². The smallest absolute Gasteiger partial charge is 0.257 e. The molecular formula is C21H24F2N6OS. The summed E-state index contributed by atoms with van der Waals surface area (Å²) in [6.45, 7) is 4.43. The van der Waals surface area contributed by atoms with E-state index in [-0.39, 0.29) is 6.54 Å². The van der Waals surface area contributed by atoms with Crippen LogP contribution in [0.25, 0.3) is 11.0 Å². The predicted octanol–water partition coefficient (Wildman–Crippen LogP) is 3.64. The maximum Gasteiger partial charge on any atom is 0.257 e. The molecule has 3 aromatic rings. The number of halogens is 2. The van der Waals surface area contributed by atoms with E-state index in [1.807, 2.05) is 6.92 Å². The Morgan fingerprint density at radius 2 is 1.90 bits per heavy atom. The number of nitrogens with zero attached hydrogens (tertiary/aromatic N) is 5. The van der Waals surface area contributed by atoms with Gasteiger partial charge >= 0.3 is 0 Å². The zero-order valence-electron chi connectivity index (χ0n) is 17.3. The van der Waals surface area contributed by atoms with Crippen molar-refractivity contribution >= 4 is 34.5 Å². The number of carbonyl (C=O) groups excluding carboxylic acids is 1. The minimum absolute atomic E-state index is 0.155. The number of carbonyl (C=O) groups is 1. The van der Waals surface area contributed by atoms with E-state index in [0.717, 1.165) is 55.0 Å². The SMILES string of the molecule is CCSc1nc(N2CCCCC2)c2cnn(CCNC(=O)c3c(F)cccc3F)c2n1. The first-order valence-electron chi connectivity index (χ1n) is 10.4. The number of rotatable bonds is 7. The van der Waals surface area contributed by atoms with E-state index in [2.05, 4.69) is 20.3 Å². The molecule has 164 valence electrons. The molecule has 2 aromatic heterocycles. The summed E-state index contributed by atoms with van der Waals surface area (Å²) in [5.74, 6) is -0.824. The Balaban J connectivity index is 1.54. The largest absolute Gasteiger partial charge is 0.356 e. The first kappa shape index (κ1) is 21.5. The summed E-state index contributed by atoms with van der Waals surface area (Å²) in [6, 6.07) is 3.35. The molecule has 0 bridgehead atoms. The molecule has 3 heterocycles. The van der Waals surface area contributed by atoms with Crippen molar-refractivity contribution in [2.75, 3.05) is 30.3 Å². The number of anilines is 1. The second kappa shape index (κ2) is 9.59. The van der Waals surface area contributed by atoms with Gasteiger partial charge in [-0.2, -0.15) is 5.10 Å². The number of hydrogen-bond donors (Lipinski definition) is 1. The van der Waals surface area contributed by atoms with Crippen LogP contribution in [-0.4, -0.2) is 51.0 Å². The molecule has 1 aliphatic heterocycles. The third-order valence-electron chi connectivity index (χ3n) is 5.18. The lowest BCUT2D eigenvalue weighted by atomic mass is 10.1. The second-order valence-electron chi connectivity index (χ2n) is 7.27. The summed E-state index contributed by atoms with van der Waals surface area (Å²) < 4.78 is 29.3. The van der Waals surface area contributed by atoms with Gasteiger partial charge in [0.1, 0.15) is 23.0 Å². The second-order valence-corrected chi connectivity index (χ2v) is 8.50. The van der Waals surface area contributed by atoms with Crippen molar-refractivity contribution in [3.8, 4) is 0 Å². The fourth-order valence-electron chi connectivity index (χ4n) is 3.70. The molecule has 0 aliphatic carbocycles. The van der Waals surface area contributed by atoms with E-state index in [1.165, 1.54) is 12.5 Å². The number of piperidine rings is 1. The normalized spacial score (nSPS) is 14.2. The monoisotopic (exact) mass is 446 g/mol. The predicted molar refractivity (Wildman–Crippen MR) is 116 cm³/mol. The number of fused-ring (bicyclic) bond motifs is 1. The van der Waals surface area contributed by atoms with E-state index in [9.17, 15) is 13.6 Å². The van der Waals surface area contributed by atoms with Crippen LogP contribution in [0.2, 0.25) is 0 Å². The molecule has 1 saturated heterocycles. The molecule has 0 spiro atoms. The van der Waals surface area contributed by atoms with E-state index in [0.29, 0.717) is 17.3 Å². The summed E-state index contributed by atoms with van der Waals surface area (Å²) in [7, 11) is 0. The van der Waals surface area contributed by atoms with Crippen LogP contribution in [0.1, 0.15) is 36.5 Å². The maximum atomic E-state index is 13.8. The van der Waals surface area contributed by atoms with Crippen LogP contribution < -0.4 is 10.2 Å². The minimum Gasteiger partial charge on any atom is -0.356 e. The van der Waals surface area contributed by atoms with Crippen LogP contribution in [0.15, 0.2) is 29.6 Å². The lowest BCUT2D eigenvalue weighted by Gasteiger charge is -2.28. The standard InChI is InChI=1S/C21H24F2N6OS/c1-2-31-21-26-18(28-10-4-3-5-11-28)14-13-25-29(19(14)27-21)12-9-24-20(30)17-15(22)7-6-8-16(17)23/h6-8,13H,2-5,9-12H2,1H3,(H,24,30). The van der Waals surface area contributed by atoms with Gasteiger partial charge in [0, 0.05) is 19.6 Å². The van der Waals surface area contributed by atoms with Gasteiger partial charge in [-0.3, -0.25) is 4.79 Å². The summed E-state index contributed by atoms with van der Waals surface area (Å²) in [6.07, 6.45) is 5.24. The summed E-state index contributed by atoms with van der Waals surface area (Å²) in [5, 5.41) is 8.56. The molecular weight excluding hydrogens is 422 g/mol. The Labute approximate surface area is 183 Å². The molecule has 0 unspecified atom stereocenters. The molecule has 0 radical (unpaired) electrons.